The van der Waals surface area contributed by atoms with Crippen molar-refractivity contribution in [2.24, 2.45) is 0 Å². The highest BCUT2D eigenvalue weighted by Crippen LogP contribution is 2.41. The van der Waals surface area contributed by atoms with Gasteiger partial charge in [0.05, 0.1) is 35.6 Å². The number of anilines is 3. The number of hydrogen-bond acceptors (Lipinski definition) is 10. The molecule has 0 aliphatic heterocycles. The molecule has 0 saturated heterocycles. The van der Waals surface area contributed by atoms with Crippen molar-refractivity contribution in [2.45, 2.75) is 0 Å². The zero-order chi connectivity index (χ0) is 21.1. The van der Waals surface area contributed by atoms with Crippen molar-refractivity contribution in [3.63, 3.8) is 0 Å². The lowest BCUT2D eigenvalue weighted by atomic mass is 10.1. The van der Waals surface area contributed by atoms with Crippen molar-refractivity contribution in [3.8, 4) is 0 Å². The summed E-state index contributed by atoms with van der Waals surface area (Å²) in [7, 11) is 4.59. The van der Waals surface area contributed by atoms with Crippen molar-refractivity contribution in [2.75, 3.05) is 44.2 Å². The second kappa shape index (κ2) is 8.10. The van der Waals surface area contributed by atoms with Crippen LogP contribution in [0.3, 0.4) is 0 Å². The molecule has 3 rings (SSSR count). The summed E-state index contributed by atoms with van der Waals surface area (Å²) in [5, 5.41) is 28.5. The van der Waals surface area contributed by atoms with Crippen LogP contribution in [-0.2, 0) is 4.74 Å². The monoisotopic (exact) mass is 401 g/mol. The molecule has 0 atom stereocenters. The second-order valence-corrected chi connectivity index (χ2v) is 6.19. The van der Waals surface area contributed by atoms with Crippen LogP contribution >= 0.6 is 0 Å². The van der Waals surface area contributed by atoms with E-state index in [9.17, 15) is 20.0 Å². The van der Waals surface area contributed by atoms with E-state index in [4.69, 9.17) is 9.37 Å². The van der Waals surface area contributed by atoms with Gasteiger partial charge in [0.1, 0.15) is 5.69 Å². The normalized spacial score (nSPS) is 10.8. The Balaban J connectivity index is 2.26. The number of likely N-dealkylation sites (N-methyl/N-ethyl adjacent to an activating group) is 1. The van der Waals surface area contributed by atoms with Gasteiger partial charge in [-0.05, 0) is 28.5 Å². The first-order valence-electron chi connectivity index (χ1n) is 8.57. The van der Waals surface area contributed by atoms with Crippen molar-refractivity contribution in [1.82, 2.24) is 10.3 Å². The number of rotatable bonds is 7. The molecule has 0 radical (unpaired) electrons. The first-order valence-corrected chi connectivity index (χ1v) is 8.57. The predicted molar refractivity (Wildman–Crippen MR) is 105 cm³/mol. The topological polar surface area (TPSA) is 135 Å². The lowest BCUT2D eigenvalue weighted by Crippen LogP contribution is -2.23. The molecule has 11 nitrogen and oxygen atoms in total. The largest absolute Gasteiger partial charge is 0.465 e. The highest BCUT2D eigenvalue weighted by Gasteiger charge is 2.29. The minimum atomic E-state index is -0.568. The van der Waals surface area contributed by atoms with Crippen LogP contribution in [0.25, 0.3) is 11.0 Å². The summed E-state index contributed by atoms with van der Waals surface area (Å²) in [6.45, 7) is -0.0291. The number of benzene rings is 2. The number of esters is 1. The van der Waals surface area contributed by atoms with Crippen LogP contribution in [0.4, 0.5) is 22.7 Å². The molecule has 3 aromatic rings. The molecule has 0 saturated carbocycles. The quantitative estimate of drug-likeness (QED) is 0.356. The van der Waals surface area contributed by atoms with E-state index in [2.05, 4.69) is 10.3 Å². The van der Waals surface area contributed by atoms with Crippen LogP contribution in [0, 0.1) is 10.1 Å². The van der Waals surface area contributed by atoms with Gasteiger partial charge >= 0.3 is 11.7 Å². The number of aliphatic hydroxyl groups excluding tert-OH is 1. The number of nitro benzene ring substituents is 1. The molecule has 1 aromatic heterocycles. The zero-order valence-corrected chi connectivity index (χ0v) is 16.0. The maximum absolute atomic E-state index is 12.2. The lowest BCUT2D eigenvalue weighted by molar-refractivity contribution is -0.382. The summed E-state index contributed by atoms with van der Waals surface area (Å²) < 4.78 is 9.63. The smallest absolute Gasteiger partial charge is 0.339 e. The van der Waals surface area contributed by atoms with Crippen LogP contribution < -0.4 is 9.80 Å². The number of methoxy groups -OCH3 is 1. The minimum Gasteiger partial charge on any atom is -0.465 e. The first kappa shape index (κ1) is 20.0. The fourth-order valence-electron chi connectivity index (χ4n) is 3.08. The number of carbonyl (C=O) groups excluding carboxylic acids is 1. The molecule has 29 heavy (non-hydrogen) atoms. The molecule has 0 amide bonds. The van der Waals surface area contributed by atoms with Gasteiger partial charge in [-0.3, -0.25) is 10.1 Å². The number of aromatic nitrogens is 2. The average Bonchev–Trinajstić information content (AvgIpc) is 3.20. The fourth-order valence-corrected chi connectivity index (χ4v) is 3.08. The van der Waals surface area contributed by atoms with Gasteiger partial charge < -0.3 is 19.6 Å². The number of aliphatic hydroxyl groups is 1. The Hall–Kier alpha value is -3.73. The summed E-state index contributed by atoms with van der Waals surface area (Å²) in [6, 6.07) is 8.33. The van der Waals surface area contributed by atoms with Crippen LogP contribution in [-0.4, -0.2) is 60.7 Å². The van der Waals surface area contributed by atoms with Gasteiger partial charge in [-0.15, -0.1) is 0 Å². The molecule has 1 heterocycles. The van der Waals surface area contributed by atoms with E-state index < -0.39 is 10.9 Å². The number of fused-ring (bicyclic) bond motifs is 1. The SMILES string of the molecule is COC(=O)c1ccccc1N(C)c1cc(N(C)CCO)c([N+](=O)[O-])c2nonc12. The summed E-state index contributed by atoms with van der Waals surface area (Å²) in [5.74, 6) is -0.526. The lowest BCUT2D eigenvalue weighted by Gasteiger charge is -2.24. The second-order valence-electron chi connectivity index (χ2n) is 6.19. The number of ether oxygens (including phenoxy) is 1. The Kier molecular flexibility index (Phi) is 5.59. The van der Waals surface area contributed by atoms with Gasteiger partial charge in [-0.2, -0.15) is 0 Å². The molecule has 1 N–H and O–H groups in total. The van der Waals surface area contributed by atoms with Crippen molar-refractivity contribution >= 4 is 39.8 Å². The molecule has 152 valence electrons. The van der Waals surface area contributed by atoms with Crippen LogP contribution in [0.15, 0.2) is 35.0 Å². The molecule has 2 aromatic carbocycles. The Labute approximate surface area is 165 Å². The zero-order valence-electron chi connectivity index (χ0n) is 16.0. The standard InChI is InChI=1S/C18H19N5O6/c1-21(8-9-24)14-10-13(15-16(20-29-19-15)17(14)23(26)27)22(2)12-7-5-4-6-11(12)18(25)28-3/h4-7,10,24H,8-9H2,1-3H3. The van der Waals surface area contributed by atoms with Gasteiger partial charge in [0.15, 0.2) is 5.52 Å². The predicted octanol–water partition coefficient (Wildman–Crippen LogP) is 2.11. The van der Waals surface area contributed by atoms with Crippen LogP contribution in [0.1, 0.15) is 10.4 Å². The molecule has 0 spiro atoms. The number of para-hydroxylation sites is 1. The third-order valence-electron chi connectivity index (χ3n) is 4.53. The summed E-state index contributed by atoms with van der Waals surface area (Å²) in [4.78, 5) is 26.5. The van der Waals surface area contributed by atoms with Gasteiger partial charge in [0.25, 0.3) is 0 Å². The summed E-state index contributed by atoms with van der Waals surface area (Å²) in [6.07, 6.45) is 0. The molecule has 0 fully saturated rings. The first-order chi connectivity index (χ1) is 13.9. The fraction of sp³-hybridized carbons (Fsp3) is 0.278. The molecular formula is C18H19N5O6. The molecule has 11 heteroatoms. The summed E-state index contributed by atoms with van der Waals surface area (Å²) >= 11 is 0. The van der Waals surface area contributed by atoms with Crippen molar-refractivity contribution in [1.29, 1.82) is 0 Å². The van der Waals surface area contributed by atoms with E-state index in [1.807, 2.05) is 0 Å². The molecule has 0 aliphatic carbocycles. The number of nitro groups is 1. The highest BCUT2D eigenvalue weighted by molar-refractivity contribution is 6.03. The van der Waals surface area contributed by atoms with Crippen molar-refractivity contribution in [3.05, 3.63) is 46.0 Å². The number of hydrogen-bond donors (Lipinski definition) is 1. The van der Waals surface area contributed by atoms with Crippen molar-refractivity contribution < 1.29 is 24.2 Å². The van der Waals surface area contributed by atoms with Crippen LogP contribution in [0.5, 0.6) is 0 Å². The maximum atomic E-state index is 12.2. The Morgan fingerprint density at radius 2 is 1.90 bits per heavy atom. The Bertz CT molecular complexity index is 1070. The highest BCUT2D eigenvalue weighted by atomic mass is 16.6. The molecule has 0 unspecified atom stereocenters. The maximum Gasteiger partial charge on any atom is 0.339 e. The van der Waals surface area contributed by atoms with E-state index >= 15 is 0 Å². The third kappa shape index (κ3) is 3.55. The molecule has 0 bridgehead atoms. The molecule has 0 aliphatic rings. The van der Waals surface area contributed by atoms with Gasteiger partial charge in [0.2, 0.25) is 5.52 Å². The minimum absolute atomic E-state index is 0.0327. The van der Waals surface area contributed by atoms with Gasteiger partial charge in [-0.1, -0.05) is 12.1 Å². The van der Waals surface area contributed by atoms with Gasteiger partial charge in [0, 0.05) is 20.6 Å². The van der Waals surface area contributed by atoms with E-state index in [0.717, 1.165) is 0 Å². The third-order valence-corrected chi connectivity index (χ3v) is 4.53. The Morgan fingerprint density at radius 1 is 1.21 bits per heavy atom. The van der Waals surface area contributed by atoms with Gasteiger partial charge in [-0.25, -0.2) is 9.42 Å². The van der Waals surface area contributed by atoms with E-state index in [0.29, 0.717) is 16.9 Å². The van der Waals surface area contributed by atoms with E-state index in [-0.39, 0.29) is 35.6 Å². The average molecular weight is 401 g/mol. The number of nitrogens with zero attached hydrogens (tertiary/aromatic N) is 5. The Morgan fingerprint density at radius 3 is 2.55 bits per heavy atom. The van der Waals surface area contributed by atoms with E-state index in [1.165, 1.54) is 12.0 Å². The number of carbonyl (C=O) groups is 1. The van der Waals surface area contributed by atoms with E-state index in [1.54, 1.807) is 49.3 Å². The van der Waals surface area contributed by atoms with Crippen LogP contribution in [0.2, 0.25) is 0 Å². The summed E-state index contributed by atoms with van der Waals surface area (Å²) in [5.41, 5.74) is 1.33. The molecular weight excluding hydrogens is 382 g/mol.